The molecule has 0 aromatic carbocycles. The lowest BCUT2D eigenvalue weighted by Gasteiger charge is -2.15. The first-order valence-corrected chi connectivity index (χ1v) is 3.16. The van der Waals surface area contributed by atoms with Gasteiger partial charge in [0.25, 0.3) is 0 Å². The third-order valence-corrected chi connectivity index (χ3v) is 0.854. The summed E-state index contributed by atoms with van der Waals surface area (Å²) in [4.78, 5) is 8.35. The predicted octanol–water partition coefficient (Wildman–Crippen LogP) is 2.73. The van der Waals surface area contributed by atoms with E-state index in [1.54, 1.807) is 0 Å². The molecule has 0 heterocycles. The van der Waals surface area contributed by atoms with E-state index in [-0.39, 0.29) is 5.41 Å². The summed E-state index contributed by atoms with van der Waals surface area (Å²) in [6, 6.07) is 0. The zero-order valence-corrected chi connectivity index (χ0v) is 6.74. The van der Waals surface area contributed by atoms with E-state index >= 15 is 0 Å². The van der Waals surface area contributed by atoms with Crippen molar-refractivity contribution in [1.82, 2.24) is 0 Å². The minimum atomic E-state index is 0.140. The average Bonchev–Trinajstić information content (AvgIpc) is 2.03. The van der Waals surface area contributed by atoms with E-state index in [1.807, 2.05) is 0 Å². The third-order valence-electron chi connectivity index (χ3n) is 0.854. The van der Waals surface area contributed by atoms with Crippen molar-refractivity contribution >= 4 is 6.08 Å². The molecule has 2 nitrogen and oxygen atoms in total. The molecule has 2 heteroatoms. The van der Waals surface area contributed by atoms with Gasteiger partial charge in [0, 0.05) is 2.74 Å². The lowest BCUT2D eigenvalue weighted by molar-refractivity contribution is 0.373. The van der Waals surface area contributed by atoms with Gasteiger partial charge >= 0.3 is 0 Å². The van der Waals surface area contributed by atoms with Crippen LogP contribution in [0.15, 0.2) is 0 Å². The Labute approximate surface area is 66.0 Å². The largest absolute Gasteiger partial charge is 0.231 e. The number of isocyanates is 1. The SMILES string of the molecule is N=C=O.[2H]CCCC(C)(C)C[2H]. The quantitative estimate of drug-likeness (QED) is 0.447. The summed E-state index contributed by atoms with van der Waals surface area (Å²) < 4.78 is 14.0. The van der Waals surface area contributed by atoms with E-state index < -0.39 is 0 Å². The highest BCUT2D eigenvalue weighted by Crippen LogP contribution is 2.19. The van der Waals surface area contributed by atoms with E-state index in [0.29, 0.717) is 13.8 Å². The molecule has 0 fully saturated rings. The molecule has 0 radical (unpaired) electrons. The summed E-state index contributed by atoms with van der Waals surface area (Å²) in [5.41, 5.74) is 0.140. The van der Waals surface area contributed by atoms with Crippen LogP contribution in [0.2, 0.25) is 0 Å². The molecular formula is C8H17NO. The molecular weight excluding hydrogens is 126 g/mol. The Hall–Kier alpha value is -0.620. The van der Waals surface area contributed by atoms with Crippen LogP contribution in [-0.2, 0) is 4.79 Å². The topological polar surface area (TPSA) is 40.9 Å². The molecule has 0 atom stereocenters. The summed E-state index contributed by atoms with van der Waals surface area (Å²) in [7, 11) is 0. The van der Waals surface area contributed by atoms with Crippen molar-refractivity contribution in [1.29, 1.82) is 5.41 Å². The highest BCUT2D eigenvalue weighted by Gasteiger charge is 2.06. The van der Waals surface area contributed by atoms with Crippen molar-refractivity contribution in [3.8, 4) is 0 Å². The highest BCUT2D eigenvalue weighted by molar-refractivity contribution is 5.26. The maximum atomic E-state index is 8.35. The Kier molecular flexibility index (Phi) is 4.87. The maximum Gasteiger partial charge on any atom is 0.231 e. The van der Waals surface area contributed by atoms with Gasteiger partial charge in [-0.25, -0.2) is 10.2 Å². The first-order valence-electron chi connectivity index (χ1n) is 4.58. The number of carbonyl (C=O) groups excluding carboxylic acids is 1. The van der Waals surface area contributed by atoms with Gasteiger partial charge in [0.15, 0.2) is 0 Å². The fourth-order valence-electron chi connectivity index (χ4n) is 0.479. The van der Waals surface area contributed by atoms with Crippen molar-refractivity contribution < 1.29 is 7.54 Å². The monoisotopic (exact) mass is 145 g/mol. The van der Waals surface area contributed by atoms with Crippen molar-refractivity contribution in [2.24, 2.45) is 5.41 Å². The molecule has 0 aliphatic carbocycles. The molecule has 1 N–H and O–H groups in total. The van der Waals surface area contributed by atoms with Crippen LogP contribution in [-0.4, -0.2) is 6.08 Å². The van der Waals surface area contributed by atoms with Crippen molar-refractivity contribution in [2.75, 3.05) is 0 Å². The summed E-state index contributed by atoms with van der Waals surface area (Å²) in [6.07, 6.45) is 2.70. The molecule has 0 amide bonds. The predicted molar refractivity (Wildman–Crippen MR) is 42.8 cm³/mol. The van der Waals surface area contributed by atoms with Crippen LogP contribution in [0.4, 0.5) is 0 Å². The van der Waals surface area contributed by atoms with Crippen LogP contribution < -0.4 is 0 Å². The van der Waals surface area contributed by atoms with E-state index in [4.69, 9.17) is 12.9 Å². The fourth-order valence-corrected chi connectivity index (χ4v) is 0.479. The number of hydrogen-bond donors (Lipinski definition) is 1. The first kappa shape index (κ1) is 7.49. The first-order chi connectivity index (χ1) is 5.54. The van der Waals surface area contributed by atoms with E-state index in [1.165, 1.54) is 0 Å². The van der Waals surface area contributed by atoms with E-state index in [0.717, 1.165) is 18.9 Å². The molecule has 0 aliphatic heterocycles. The van der Waals surface area contributed by atoms with Gasteiger partial charge in [-0.15, -0.1) is 0 Å². The number of nitrogens with one attached hydrogen (secondary N) is 1. The Morgan fingerprint density at radius 2 is 2.20 bits per heavy atom. The Morgan fingerprint density at radius 1 is 1.70 bits per heavy atom. The van der Waals surface area contributed by atoms with Crippen LogP contribution >= 0.6 is 0 Å². The average molecular weight is 145 g/mol. The zero-order chi connectivity index (χ0) is 10.0. The standard InChI is InChI=1S/C7H16.CHNO/c1-5-6-7(2,3)4;2-1-3/h5-6H2,1-4H3;2H/i1D,2D;. The molecule has 0 saturated carbocycles. The Balaban J connectivity index is 0. The molecule has 0 aliphatic rings. The molecule has 0 unspecified atom stereocenters. The van der Waals surface area contributed by atoms with Crippen LogP contribution in [0.25, 0.3) is 0 Å². The number of rotatable bonds is 1. The van der Waals surface area contributed by atoms with Crippen LogP contribution in [0.5, 0.6) is 0 Å². The molecule has 0 rings (SSSR count). The molecule has 0 saturated heterocycles. The summed E-state index contributed by atoms with van der Waals surface area (Å²) in [6.45, 7) is 5.14. The normalized spacial score (nSPS) is 11.8. The highest BCUT2D eigenvalue weighted by atomic mass is 16.1. The van der Waals surface area contributed by atoms with Gasteiger partial charge < -0.3 is 0 Å². The van der Waals surface area contributed by atoms with Gasteiger partial charge in [0.05, 0.1) is 0 Å². The molecule has 0 spiro atoms. The van der Waals surface area contributed by atoms with Gasteiger partial charge in [0.2, 0.25) is 6.08 Å². The fraction of sp³-hybridized carbons (Fsp3) is 0.875. The van der Waals surface area contributed by atoms with Crippen molar-refractivity contribution in [2.45, 2.75) is 40.5 Å². The van der Waals surface area contributed by atoms with Gasteiger partial charge in [-0.2, -0.15) is 0 Å². The molecule has 0 aromatic rings. The van der Waals surface area contributed by atoms with Crippen LogP contribution in [0.3, 0.4) is 0 Å². The second-order valence-corrected chi connectivity index (χ2v) is 2.87. The molecule has 10 heavy (non-hydrogen) atoms. The van der Waals surface area contributed by atoms with Gasteiger partial charge in [-0.3, -0.25) is 0 Å². The van der Waals surface area contributed by atoms with E-state index in [2.05, 4.69) is 13.8 Å². The lowest BCUT2D eigenvalue weighted by atomic mass is 9.91. The van der Waals surface area contributed by atoms with Crippen LogP contribution in [0.1, 0.15) is 43.2 Å². The lowest BCUT2D eigenvalue weighted by Crippen LogP contribution is -2.02. The Morgan fingerprint density at radius 3 is 2.50 bits per heavy atom. The smallest absolute Gasteiger partial charge is 0.222 e. The van der Waals surface area contributed by atoms with Crippen molar-refractivity contribution in [3.05, 3.63) is 0 Å². The minimum Gasteiger partial charge on any atom is -0.222 e. The van der Waals surface area contributed by atoms with Gasteiger partial charge in [-0.05, 0) is 11.8 Å². The second-order valence-electron chi connectivity index (χ2n) is 2.87. The third kappa shape index (κ3) is 26.3. The van der Waals surface area contributed by atoms with Crippen LogP contribution in [0, 0.1) is 10.8 Å². The van der Waals surface area contributed by atoms with Gasteiger partial charge in [-0.1, -0.05) is 34.1 Å². The molecule has 0 bridgehead atoms. The molecule has 0 aromatic heterocycles. The number of hydrogen-bond acceptors (Lipinski definition) is 2. The second kappa shape index (κ2) is 6.50. The van der Waals surface area contributed by atoms with Gasteiger partial charge in [0.1, 0.15) is 0 Å². The summed E-state index contributed by atoms with van der Waals surface area (Å²) in [5, 5.41) is 5.40. The summed E-state index contributed by atoms with van der Waals surface area (Å²) in [5.74, 6) is 0. The minimum absolute atomic E-state index is 0.140. The summed E-state index contributed by atoms with van der Waals surface area (Å²) >= 11 is 0. The maximum absolute atomic E-state index is 8.35. The van der Waals surface area contributed by atoms with E-state index in [9.17, 15) is 0 Å². The molecule has 60 valence electrons. The zero-order valence-electron chi connectivity index (χ0n) is 8.74. The van der Waals surface area contributed by atoms with Crippen molar-refractivity contribution in [3.63, 3.8) is 0 Å². The Bertz CT molecular complexity index is 131.